The number of halogens is 1. The summed E-state index contributed by atoms with van der Waals surface area (Å²) in [5.74, 6) is 1.56. The summed E-state index contributed by atoms with van der Waals surface area (Å²) in [4.78, 5) is 21.5. The van der Waals surface area contributed by atoms with E-state index >= 15 is 0 Å². The van der Waals surface area contributed by atoms with E-state index < -0.39 is 0 Å². The molecule has 1 aliphatic heterocycles. The Bertz CT molecular complexity index is 946. The van der Waals surface area contributed by atoms with Crippen LogP contribution in [-0.2, 0) is 6.54 Å². The van der Waals surface area contributed by atoms with Crippen molar-refractivity contribution in [3.05, 3.63) is 76.6 Å². The Kier molecular flexibility index (Phi) is 5.46. The highest BCUT2D eigenvalue weighted by Crippen LogP contribution is 2.23. The lowest BCUT2D eigenvalue weighted by Crippen LogP contribution is -2.48. The number of hydrogen-bond donors (Lipinski definition) is 0. The number of rotatable bonds is 4. The van der Waals surface area contributed by atoms with Crippen LogP contribution in [0, 0.1) is 6.92 Å². The largest absolute Gasteiger partial charge is 0.441 e. The predicted octanol–water partition coefficient (Wildman–Crippen LogP) is 4.26. The third-order valence-electron chi connectivity index (χ3n) is 5.04. The van der Waals surface area contributed by atoms with E-state index in [1.54, 1.807) is 24.3 Å². The third kappa shape index (κ3) is 4.11. The molecule has 0 aliphatic carbocycles. The quantitative estimate of drug-likeness (QED) is 0.662. The van der Waals surface area contributed by atoms with Gasteiger partial charge in [0.1, 0.15) is 5.76 Å². The molecule has 1 saturated heterocycles. The molecule has 0 atom stereocenters. The van der Waals surface area contributed by atoms with Crippen molar-refractivity contribution in [2.24, 2.45) is 0 Å². The van der Waals surface area contributed by atoms with Crippen LogP contribution in [0.2, 0.25) is 5.02 Å². The van der Waals surface area contributed by atoms with Gasteiger partial charge in [-0.3, -0.25) is 9.69 Å². The zero-order valence-electron chi connectivity index (χ0n) is 15.8. The van der Waals surface area contributed by atoms with Crippen molar-refractivity contribution in [1.82, 2.24) is 14.8 Å². The molecule has 3 aromatic rings. The van der Waals surface area contributed by atoms with Crippen molar-refractivity contribution >= 4 is 17.5 Å². The lowest BCUT2D eigenvalue weighted by atomic mass is 10.2. The Hall–Kier alpha value is -2.63. The lowest BCUT2D eigenvalue weighted by molar-refractivity contribution is 0.0626. The number of hydrogen-bond acceptors (Lipinski definition) is 4. The summed E-state index contributed by atoms with van der Waals surface area (Å²) >= 11 is 5.91. The number of aromatic nitrogens is 1. The average molecular weight is 396 g/mol. The van der Waals surface area contributed by atoms with Crippen molar-refractivity contribution in [2.45, 2.75) is 13.5 Å². The van der Waals surface area contributed by atoms with Crippen LogP contribution in [0.4, 0.5) is 0 Å². The van der Waals surface area contributed by atoms with E-state index in [-0.39, 0.29) is 5.91 Å². The first-order valence-corrected chi connectivity index (χ1v) is 9.77. The molecule has 0 spiro atoms. The molecule has 0 bridgehead atoms. The van der Waals surface area contributed by atoms with E-state index in [2.05, 4.69) is 9.88 Å². The summed E-state index contributed by atoms with van der Waals surface area (Å²) < 4.78 is 5.86. The van der Waals surface area contributed by atoms with Crippen LogP contribution in [0.25, 0.3) is 11.5 Å². The van der Waals surface area contributed by atoms with Crippen molar-refractivity contribution in [1.29, 1.82) is 0 Å². The summed E-state index contributed by atoms with van der Waals surface area (Å²) in [5.41, 5.74) is 2.62. The van der Waals surface area contributed by atoms with Crippen molar-refractivity contribution < 1.29 is 9.21 Å². The van der Waals surface area contributed by atoms with Crippen LogP contribution in [0.3, 0.4) is 0 Å². The van der Waals surface area contributed by atoms with Gasteiger partial charge in [-0.05, 0) is 43.3 Å². The first-order valence-electron chi connectivity index (χ1n) is 9.39. The molecule has 28 heavy (non-hydrogen) atoms. The summed E-state index contributed by atoms with van der Waals surface area (Å²) in [5, 5.41) is 0.638. The van der Waals surface area contributed by atoms with Gasteiger partial charge < -0.3 is 9.32 Å². The maximum Gasteiger partial charge on any atom is 0.253 e. The van der Waals surface area contributed by atoms with Crippen molar-refractivity contribution in [3.8, 4) is 11.5 Å². The van der Waals surface area contributed by atoms with Gasteiger partial charge in [0.15, 0.2) is 0 Å². The minimum atomic E-state index is 0.0558. The number of nitrogens with zero attached hydrogens (tertiary/aromatic N) is 3. The maximum atomic E-state index is 12.6. The van der Waals surface area contributed by atoms with E-state index in [1.807, 2.05) is 42.2 Å². The lowest BCUT2D eigenvalue weighted by Gasteiger charge is -2.34. The Morgan fingerprint density at radius 1 is 1.04 bits per heavy atom. The Labute approximate surface area is 169 Å². The SMILES string of the molecule is Cc1oc(-c2ccccc2)nc1CN1CCN(C(=O)c2ccc(Cl)cc2)CC1. The molecule has 0 unspecified atom stereocenters. The normalized spacial score (nSPS) is 15.0. The van der Waals surface area contributed by atoms with Crippen LogP contribution in [0.5, 0.6) is 0 Å². The average Bonchev–Trinajstić information content (AvgIpc) is 3.10. The molecule has 5 nitrogen and oxygen atoms in total. The first kappa shape index (κ1) is 18.7. The molecule has 1 amide bonds. The monoisotopic (exact) mass is 395 g/mol. The molecule has 0 radical (unpaired) electrons. The van der Waals surface area contributed by atoms with Gasteiger partial charge in [-0.25, -0.2) is 4.98 Å². The molecule has 1 aliphatic rings. The van der Waals surface area contributed by atoms with Crippen LogP contribution in [-0.4, -0.2) is 46.9 Å². The second-order valence-electron chi connectivity index (χ2n) is 6.96. The Balaban J connectivity index is 1.36. The van der Waals surface area contributed by atoms with Gasteiger partial charge >= 0.3 is 0 Å². The van der Waals surface area contributed by atoms with E-state index in [4.69, 9.17) is 16.0 Å². The zero-order valence-corrected chi connectivity index (χ0v) is 16.5. The predicted molar refractivity (Wildman–Crippen MR) is 109 cm³/mol. The van der Waals surface area contributed by atoms with Gasteiger partial charge in [0, 0.05) is 48.9 Å². The molecular weight excluding hydrogens is 374 g/mol. The minimum Gasteiger partial charge on any atom is -0.441 e. The van der Waals surface area contributed by atoms with Crippen LogP contribution < -0.4 is 0 Å². The Morgan fingerprint density at radius 2 is 1.71 bits per heavy atom. The number of piperazine rings is 1. The van der Waals surface area contributed by atoms with Crippen LogP contribution in [0.1, 0.15) is 21.8 Å². The molecule has 2 aromatic carbocycles. The van der Waals surface area contributed by atoms with Gasteiger partial charge in [0.2, 0.25) is 5.89 Å². The van der Waals surface area contributed by atoms with Crippen molar-refractivity contribution in [3.63, 3.8) is 0 Å². The summed E-state index contributed by atoms with van der Waals surface area (Å²) in [6, 6.07) is 17.0. The molecule has 2 heterocycles. The summed E-state index contributed by atoms with van der Waals surface area (Å²) in [6.07, 6.45) is 0. The number of oxazole rings is 1. The molecule has 6 heteroatoms. The maximum absolute atomic E-state index is 12.6. The van der Waals surface area contributed by atoms with E-state index in [9.17, 15) is 4.79 Å². The zero-order chi connectivity index (χ0) is 19.5. The number of aryl methyl sites for hydroxylation is 1. The summed E-state index contributed by atoms with van der Waals surface area (Å²) in [6.45, 7) is 5.70. The van der Waals surface area contributed by atoms with Crippen molar-refractivity contribution in [2.75, 3.05) is 26.2 Å². The molecule has 1 aromatic heterocycles. The third-order valence-corrected chi connectivity index (χ3v) is 5.29. The van der Waals surface area contributed by atoms with E-state index in [0.717, 1.165) is 36.7 Å². The molecular formula is C22H22ClN3O2. The highest BCUT2D eigenvalue weighted by Gasteiger charge is 2.23. The standard InChI is InChI=1S/C22H22ClN3O2/c1-16-20(24-21(28-16)17-5-3-2-4-6-17)15-25-11-13-26(14-12-25)22(27)18-7-9-19(23)10-8-18/h2-10H,11-15H2,1H3. The van der Waals surface area contributed by atoms with Gasteiger partial charge in [0.25, 0.3) is 5.91 Å². The first-order chi connectivity index (χ1) is 13.6. The number of carbonyl (C=O) groups is 1. The van der Waals surface area contributed by atoms with Gasteiger partial charge in [0.05, 0.1) is 5.69 Å². The van der Waals surface area contributed by atoms with Crippen LogP contribution >= 0.6 is 11.6 Å². The fourth-order valence-corrected chi connectivity index (χ4v) is 3.50. The number of benzene rings is 2. The molecule has 1 fully saturated rings. The summed E-state index contributed by atoms with van der Waals surface area (Å²) in [7, 11) is 0. The van der Waals surface area contributed by atoms with E-state index in [0.29, 0.717) is 29.6 Å². The topological polar surface area (TPSA) is 49.6 Å². The Morgan fingerprint density at radius 3 is 2.39 bits per heavy atom. The fourth-order valence-electron chi connectivity index (χ4n) is 3.37. The molecule has 4 rings (SSSR count). The highest BCUT2D eigenvalue weighted by molar-refractivity contribution is 6.30. The number of amides is 1. The second-order valence-corrected chi connectivity index (χ2v) is 7.40. The molecule has 0 saturated carbocycles. The smallest absolute Gasteiger partial charge is 0.253 e. The van der Waals surface area contributed by atoms with Gasteiger partial charge in [-0.15, -0.1) is 0 Å². The number of carbonyl (C=O) groups excluding carboxylic acids is 1. The second kappa shape index (κ2) is 8.17. The minimum absolute atomic E-state index is 0.0558. The highest BCUT2D eigenvalue weighted by atomic mass is 35.5. The van der Waals surface area contributed by atoms with Crippen LogP contribution in [0.15, 0.2) is 59.0 Å². The van der Waals surface area contributed by atoms with Gasteiger partial charge in [-0.2, -0.15) is 0 Å². The molecule has 0 N–H and O–H groups in total. The fraction of sp³-hybridized carbons (Fsp3) is 0.273. The van der Waals surface area contributed by atoms with Gasteiger partial charge in [-0.1, -0.05) is 29.8 Å². The van der Waals surface area contributed by atoms with E-state index in [1.165, 1.54) is 0 Å². The molecule has 144 valence electrons.